The number of benzene rings is 2. The van der Waals surface area contributed by atoms with Crippen molar-refractivity contribution in [1.82, 2.24) is 29.9 Å². The number of carbonyl (C=O) groups excluding carboxylic acids is 5. The number of nitrogens with zero attached hydrogens (tertiary/aromatic N) is 4. The fraction of sp³-hybridized carbons (Fsp3) is 0.425. The first-order valence-electron chi connectivity index (χ1n) is 18.7. The highest BCUT2D eigenvalue weighted by Gasteiger charge is 2.45. The second-order valence-electron chi connectivity index (χ2n) is 14.2. The maximum Gasteiger partial charge on any atom is 0.317 e. The van der Waals surface area contributed by atoms with E-state index >= 15 is 0 Å². The standard InChI is InChI=1S/C39H47N7O8.CH2O2/c1-43(2)20-28-31(53-4)18-23(19-32(28)54-5)26-21-44(3)36(49)27-22-45(17-14-24(26)27)39(52)41-16-8-6-7-15-40-29-11-9-10-25-34(29)38(51)46(37(25)50)30-12-13-33(47)42-35(30)48;2-1-3/h9-11,18-19,21,30,40H,6-8,12-17,20,22H2,1-5H3,(H,41,52)(H,42,47,48);1H,(H,2,3). The number of imide groups is 2. The molecule has 3 aromatic rings. The van der Waals surface area contributed by atoms with Crippen LogP contribution in [0.25, 0.3) is 11.1 Å². The molecule has 2 aromatic carbocycles. The highest BCUT2D eigenvalue weighted by Crippen LogP contribution is 2.38. The van der Waals surface area contributed by atoms with Crippen molar-refractivity contribution in [1.29, 1.82) is 0 Å². The van der Waals surface area contributed by atoms with Crippen molar-refractivity contribution in [2.45, 2.75) is 57.7 Å². The second kappa shape index (κ2) is 18.6. The van der Waals surface area contributed by atoms with Crippen LogP contribution in [0, 0.1) is 0 Å². The molecule has 17 heteroatoms. The zero-order chi connectivity index (χ0) is 41.4. The number of amides is 6. The second-order valence-corrected chi connectivity index (χ2v) is 14.2. The third-order valence-corrected chi connectivity index (χ3v) is 10.2. The van der Waals surface area contributed by atoms with Crippen molar-refractivity contribution in [3.63, 3.8) is 0 Å². The largest absolute Gasteiger partial charge is 0.496 e. The molecule has 6 rings (SSSR count). The predicted octanol–water partition coefficient (Wildman–Crippen LogP) is 2.58. The van der Waals surface area contributed by atoms with Crippen molar-refractivity contribution in [2.75, 3.05) is 53.3 Å². The van der Waals surface area contributed by atoms with Crippen LogP contribution in [0.1, 0.15) is 69.5 Å². The zero-order valence-electron chi connectivity index (χ0n) is 32.8. The molecule has 1 atom stereocenters. The number of hydrogen-bond acceptors (Lipinski definition) is 11. The average Bonchev–Trinajstić information content (AvgIpc) is 3.44. The van der Waals surface area contributed by atoms with Gasteiger partial charge in [0.15, 0.2) is 0 Å². The Balaban J connectivity index is 0.00000200. The number of methoxy groups -OCH3 is 2. The summed E-state index contributed by atoms with van der Waals surface area (Å²) >= 11 is 0. The number of fused-ring (bicyclic) bond motifs is 2. The predicted molar refractivity (Wildman–Crippen MR) is 209 cm³/mol. The summed E-state index contributed by atoms with van der Waals surface area (Å²) in [6.45, 7) is 2.01. The number of rotatable bonds is 13. The highest BCUT2D eigenvalue weighted by molar-refractivity contribution is 6.25. The Morgan fingerprint density at radius 3 is 2.30 bits per heavy atom. The van der Waals surface area contributed by atoms with Crippen molar-refractivity contribution >= 4 is 41.8 Å². The van der Waals surface area contributed by atoms with Crippen molar-refractivity contribution in [2.24, 2.45) is 7.05 Å². The van der Waals surface area contributed by atoms with Gasteiger partial charge in [-0.3, -0.25) is 39.0 Å². The van der Waals surface area contributed by atoms with E-state index in [1.165, 1.54) is 0 Å². The van der Waals surface area contributed by atoms with E-state index in [4.69, 9.17) is 19.4 Å². The summed E-state index contributed by atoms with van der Waals surface area (Å²) in [6, 6.07) is 7.66. The molecule has 3 aliphatic heterocycles. The summed E-state index contributed by atoms with van der Waals surface area (Å²) in [7, 11) is 8.93. The van der Waals surface area contributed by atoms with Crippen molar-refractivity contribution in [3.8, 4) is 22.6 Å². The van der Waals surface area contributed by atoms with Gasteiger partial charge in [-0.05, 0) is 81.6 Å². The Labute approximate surface area is 329 Å². The van der Waals surface area contributed by atoms with Gasteiger partial charge in [0, 0.05) is 62.7 Å². The number of nitrogens with one attached hydrogen (secondary N) is 3. The topological polar surface area (TPSA) is 209 Å². The lowest BCUT2D eigenvalue weighted by molar-refractivity contribution is -0.136. The monoisotopic (exact) mass is 787 g/mol. The van der Waals surface area contributed by atoms with Gasteiger partial charge < -0.3 is 39.6 Å². The van der Waals surface area contributed by atoms with E-state index in [2.05, 4.69) is 16.0 Å². The molecular weight excluding hydrogens is 738 g/mol. The molecule has 3 aliphatic rings. The Kier molecular flexibility index (Phi) is 13.7. The van der Waals surface area contributed by atoms with E-state index in [1.807, 2.05) is 37.3 Å². The molecule has 4 N–H and O–H groups in total. The summed E-state index contributed by atoms with van der Waals surface area (Å²) in [5.41, 5.74) is 5.02. The number of aryl methyl sites for hydroxylation is 1. The van der Waals surface area contributed by atoms with Crippen LogP contribution in [0.15, 0.2) is 41.3 Å². The van der Waals surface area contributed by atoms with E-state index in [1.54, 1.807) is 48.9 Å². The normalized spacial score (nSPS) is 16.0. The third kappa shape index (κ3) is 9.09. The van der Waals surface area contributed by atoms with Crippen LogP contribution in [0.4, 0.5) is 10.5 Å². The molecule has 0 spiro atoms. The molecular formula is C40H49N7O10. The number of carboxylic acid groups (broad SMARTS) is 1. The molecule has 0 radical (unpaired) electrons. The first-order valence-corrected chi connectivity index (χ1v) is 18.7. The molecule has 1 aromatic heterocycles. The van der Waals surface area contributed by atoms with E-state index in [-0.39, 0.29) is 48.6 Å². The minimum Gasteiger partial charge on any atom is -0.496 e. The van der Waals surface area contributed by atoms with Crippen molar-refractivity contribution in [3.05, 3.63) is 74.7 Å². The third-order valence-electron chi connectivity index (χ3n) is 10.2. The number of urea groups is 1. The fourth-order valence-electron chi connectivity index (χ4n) is 7.45. The van der Waals surface area contributed by atoms with Gasteiger partial charge in [0.2, 0.25) is 11.8 Å². The van der Waals surface area contributed by atoms with Gasteiger partial charge in [-0.15, -0.1) is 0 Å². The number of ether oxygens (including phenoxy) is 2. The van der Waals surface area contributed by atoms with Crippen LogP contribution in [-0.4, -0.2) is 114 Å². The van der Waals surface area contributed by atoms with Gasteiger partial charge in [0.25, 0.3) is 23.8 Å². The van der Waals surface area contributed by atoms with Gasteiger partial charge in [-0.2, -0.15) is 0 Å². The van der Waals surface area contributed by atoms with Crippen LogP contribution in [0.3, 0.4) is 0 Å². The molecule has 1 unspecified atom stereocenters. The van der Waals surface area contributed by atoms with Crippen LogP contribution in [0.5, 0.6) is 11.5 Å². The average molecular weight is 788 g/mol. The maximum atomic E-state index is 13.3. The Morgan fingerprint density at radius 1 is 0.965 bits per heavy atom. The number of unbranched alkanes of at least 4 members (excludes halogenated alkanes) is 2. The summed E-state index contributed by atoms with van der Waals surface area (Å²) in [5.74, 6) is -0.780. The van der Waals surface area contributed by atoms with E-state index < -0.39 is 29.7 Å². The summed E-state index contributed by atoms with van der Waals surface area (Å²) in [6.07, 6.45) is 4.74. The molecule has 0 bridgehead atoms. The molecule has 1 saturated heterocycles. The number of pyridine rings is 1. The van der Waals surface area contributed by atoms with Crippen molar-refractivity contribution < 1.29 is 43.3 Å². The van der Waals surface area contributed by atoms with Gasteiger partial charge in [-0.25, -0.2) is 4.79 Å². The molecule has 0 aliphatic carbocycles. The first kappa shape index (κ1) is 41.9. The van der Waals surface area contributed by atoms with Gasteiger partial charge >= 0.3 is 6.03 Å². The molecule has 4 heterocycles. The summed E-state index contributed by atoms with van der Waals surface area (Å²) in [5, 5.41) is 15.3. The Morgan fingerprint density at radius 2 is 1.65 bits per heavy atom. The lowest BCUT2D eigenvalue weighted by atomic mass is 9.91. The van der Waals surface area contributed by atoms with E-state index in [9.17, 15) is 28.8 Å². The van der Waals surface area contributed by atoms with E-state index in [0.717, 1.165) is 40.0 Å². The SMILES string of the molecule is COc1cc(-c2cn(C)c(=O)c3c2CCN(C(=O)NCCCCCNc2cccc4c2C(=O)N(C2CCC(=O)NC2=O)C4=O)C3)cc(OC)c1CN(C)C.O=CO. The van der Waals surface area contributed by atoms with Crippen LogP contribution in [-0.2, 0) is 40.9 Å². The zero-order valence-corrected chi connectivity index (χ0v) is 32.8. The quantitative estimate of drug-likeness (QED) is 0.112. The minimum absolute atomic E-state index is 0.0575. The molecule has 6 amide bonds. The molecule has 17 nitrogen and oxygen atoms in total. The Bertz CT molecular complexity index is 2090. The number of anilines is 1. The lowest BCUT2D eigenvalue weighted by Crippen LogP contribution is -2.54. The molecule has 0 saturated carbocycles. The lowest BCUT2D eigenvalue weighted by Gasteiger charge is -2.30. The maximum absolute atomic E-state index is 13.3. The van der Waals surface area contributed by atoms with Gasteiger partial charge in [0.1, 0.15) is 17.5 Å². The number of carbonyl (C=O) groups is 6. The number of aromatic nitrogens is 1. The summed E-state index contributed by atoms with van der Waals surface area (Å²) < 4.78 is 13.1. The highest BCUT2D eigenvalue weighted by atomic mass is 16.5. The number of hydrogen-bond donors (Lipinski definition) is 4. The summed E-state index contributed by atoms with van der Waals surface area (Å²) in [4.78, 5) is 90.0. The smallest absolute Gasteiger partial charge is 0.317 e. The van der Waals surface area contributed by atoms with Crippen LogP contribution >= 0.6 is 0 Å². The van der Waals surface area contributed by atoms with Gasteiger partial charge in [-0.1, -0.05) is 6.07 Å². The van der Waals surface area contributed by atoms with Gasteiger partial charge in [0.05, 0.1) is 37.5 Å². The Hall–Kier alpha value is -6.23. The number of piperidine rings is 1. The van der Waals surface area contributed by atoms with Crippen LogP contribution < -0.4 is 31.0 Å². The fourth-order valence-corrected chi connectivity index (χ4v) is 7.45. The van der Waals surface area contributed by atoms with Crippen LogP contribution in [0.2, 0.25) is 0 Å². The first-order chi connectivity index (χ1) is 27.3. The molecule has 1 fully saturated rings. The molecule has 57 heavy (non-hydrogen) atoms. The van der Waals surface area contributed by atoms with E-state index in [0.29, 0.717) is 61.8 Å². The minimum atomic E-state index is -1.02. The molecule has 304 valence electrons.